The fourth-order valence-electron chi connectivity index (χ4n) is 2.44. The number of aliphatic hydroxyl groups excluding tert-OH is 1. The summed E-state index contributed by atoms with van der Waals surface area (Å²) in [6, 6.07) is 5.60. The van der Waals surface area contributed by atoms with E-state index in [4.69, 9.17) is 0 Å². The molecule has 1 unspecified atom stereocenters. The van der Waals surface area contributed by atoms with Gasteiger partial charge in [0, 0.05) is 38.4 Å². The number of hydrogen-bond donors (Lipinski definition) is 1. The molecule has 1 fully saturated rings. The molecule has 0 saturated carbocycles. The summed E-state index contributed by atoms with van der Waals surface area (Å²) in [6.07, 6.45) is 2.58. The van der Waals surface area contributed by atoms with Crippen molar-refractivity contribution in [2.24, 2.45) is 0 Å². The number of pyridine rings is 1. The largest absolute Gasteiger partial charge is 0.395 e. The van der Waals surface area contributed by atoms with Crippen molar-refractivity contribution in [1.82, 2.24) is 14.8 Å². The molecule has 0 radical (unpaired) electrons. The van der Waals surface area contributed by atoms with Gasteiger partial charge in [-0.25, -0.2) is 0 Å². The molecule has 2 heterocycles. The van der Waals surface area contributed by atoms with Crippen molar-refractivity contribution in [3.63, 3.8) is 0 Å². The first-order valence-electron chi connectivity index (χ1n) is 6.81. The third-order valence-electron chi connectivity index (χ3n) is 3.68. The van der Waals surface area contributed by atoms with Crippen LogP contribution in [-0.2, 0) is 0 Å². The van der Waals surface area contributed by atoms with Gasteiger partial charge < -0.3 is 10.0 Å². The Balaban J connectivity index is 1.91. The summed E-state index contributed by atoms with van der Waals surface area (Å²) in [5.74, 6) is -0.00250. The highest BCUT2D eigenvalue weighted by molar-refractivity contribution is 5.92. The Morgan fingerprint density at radius 1 is 1.37 bits per heavy atom. The third-order valence-corrected chi connectivity index (χ3v) is 3.68. The van der Waals surface area contributed by atoms with Crippen LogP contribution in [0.3, 0.4) is 0 Å². The molecule has 1 aromatic rings. The van der Waals surface area contributed by atoms with Crippen LogP contribution < -0.4 is 0 Å². The van der Waals surface area contributed by atoms with E-state index in [1.807, 2.05) is 17.0 Å². The van der Waals surface area contributed by atoms with E-state index in [0.717, 1.165) is 19.5 Å². The van der Waals surface area contributed by atoms with Crippen LogP contribution in [0.5, 0.6) is 0 Å². The Kier molecular flexibility index (Phi) is 4.87. The summed E-state index contributed by atoms with van der Waals surface area (Å²) in [5, 5.41) is 9.30. The summed E-state index contributed by atoms with van der Waals surface area (Å²) in [5.41, 5.74) is 0.505. The molecule has 19 heavy (non-hydrogen) atoms. The van der Waals surface area contributed by atoms with Gasteiger partial charge in [0.15, 0.2) is 0 Å². The minimum atomic E-state index is -0.00250. The van der Waals surface area contributed by atoms with Crippen LogP contribution in [0.2, 0.25) is 0 Å². The smallest absolute Gasteiger partial charge is 0.272 e. The first-order chi connectivity index (χ1) is 9.26. The molecule has 1 atom stereocenters. The van der Waals surface area contributed by atoms with Crippen LogP contribution in [0, 0.1) is 0 Å². The van der Waals surface area contributed by atoms with Gasteiger partial charge >= 0.3 is 0 Å². The number of nitrogens with zero attached hydrogens (tertiary/aromatic N) is 3. The van der Waals surface area contributed by atoms with E-state index in [1.54, 1.807) is 12.3 Å². The average molecular weight is 263 g/mol. The van der Waals surface area contributed by atoms with Crippen LogP contribution in [0.4, 0.5) is 0 Å². The van der Waals surface area contributed by atoms with Crippen LogP contribution >= 0.6 is 0 Å². The molecule has 0 aromatic carbocycles. The van der Waals surface area contributed by atoms with E-state index in [1.165, 1.54) is 0 Å². The Labute approximate surface area is 113 Å². The van der Waals surface area contributed by atoms with Crippen molar-refractivity contribution in [1.29, 1.82) is 0 Å². The minimum Gasteiger partial charge on any atom is -0.395 e. The molecule has 0 spiro atoms. The van der Waals surface area contributed by atoms with Gasteiger partial charge in [-0.05, 0) is 18.6 Å². The van der Waals surface area contributed by atoms with Crippen LogP contribution in [0.1, 0.15) is 23.8 Å². The maximum absolute atomic E-state index is 12.2. The zero-order valence-corrected chi connectivity index (χ0v) is 11.3. The number of hydrogen-bond acceptors (Lipinski definition) is 4. The Bertz CT molecular complexity index is 398. The Morgan fingerprint density at radius 3 is 2.63 bits per heavy atom. The summed E-state index contributed by atoms with van der Waals surface area (Å²) < 4.78 is 0. The van der Waals surface area contributed by atoms with E-state index in [-0.39, 0.29) is 18.6 Å². The van der Waals surface area contributed by atoms with E-state index in [9.17, 15) is 9.90 Å². The first kappa shape index (κ1) is 14.0. The number of amides is 1. The fraction of sp³-hybridized carbons (Fsp3) is 0.571. The predicted molar refractivity (Wildman–Crippen MR) is 72.9 cm³/mol. The quantitative estimate of drug-likeness (QED) is 0.865. The molecular weight excluding hydrogens is 242 g/mol. The lowest BCUT2D eigenvalue weighted by atomic mass is 10.1. The lowest BCUT2D eigenvalue weighted by Gasteiger charge is -2.38. The van der Waals surface area contributed by atoms with E-state index < -0.39 is 0 Å². The molecule has 0 aliphatic carbocycles. The van der Waals surface area contributed by atoms with E-state index in [2.05, 4.69) is 16.8 Å². The first-order valence-corrected chi connectivity index (χ1v) is 6.81. The van der Waals surface area contributed by atoms with Crippen LogP contribution in [0.15, 0.2) is 24.4 Å². The SMILES string of the molecule is CCC(CO)N1CCN(C(=O)c2ccccn2)CC1. The van der Waals surface area contributed by atoms with Crippen molar-refractivity contribution < 1.29 is 9.90 Å². The number of aliphatic hydroxyl groups is 1. The van der Waals surface area contributed by atoms with Crippen molar-refractivity contribution in [2.45, 2.75) is 19.4 Å². The van der Waals surface area contributed by atoms with Crippen molar-refractivity contribution >= 4 is 5.91 Å². The fourth-order valence-corrected chi connectivity index (χ4v) is 2.44. The number of rotatable bonds is 4. The molecule has 1 amide bonds. The molecule has 1 saturated heterocycles. The van der Waals surface area contributed by atoms with Gasteiger partial charge in [0.05, 0.1) is 6.61 Å². The minimum absolute atomic E-state index is 0.00250. The zero-order valence-electron chi connectivity index (χ0n) is 11.3. The van der Waals surface area contributed by atoms with Gasteiger partial charge in [-0.3, -0.25) is 14.7 Å². The standard InChI is InChI=1S/C14H21N3O2/c1-2-12(11-18)16-7-9-17(10-8-16)14(19)13-5-3-4-6-15-13/h3-6,12,18H,2,7-11H2,1H3. The molecule has 1 aliphatic rings. The van der Waals surface area contributed by atoms with Crippen molar-refractivity contribution in [3.05, 3.63) is 30.1 Å². The zero-order chi connectivity index (χ0) is 13.7. The maximum Gasteiger partial charge on any atom is 0.272 e. The summed E-state index contributed by atoms with van der Waals surface area (Å²) in [4.78, 5) is 20.4. The predicted octanol–water partition coefficient (Wildman–Crippen LogP) is 0.610. The number of piperazine rings is 1. The molecule has 1 N–H and O–H groups in total. The number of aromatic nitrogens is 1. The lowest BCUT2D eigenvalue weighted by Crippen LogP contribution is -2.52. The van der Waals surface area contributed by atoms with E-state index in [0.29, 0.717) is 18.8 Å². The monoisotopic (exact) mass is 263 g/mol. The van der Waals surface area contributed by atoms with Crippen molar-refractivity contribution in [2.75, 3.05) is 32.8 Å². The van der Waals surface area contributed by atoms with Gasteiger partial charge in [0.2, 0.25) is 0 Å². The summed E-state index contributed by atoms with van der Waals surface area (Å²) in [7, 11) is 0. The lowest BCUT2D eigenvalue weighted by molar-refractivity contribution is 0.0468. The van der Waals surface area contributed by atoms with Gasteiger partial charge in [0.1, 0.15) is 5.69 Å². The van der Waals surface area contributed by atoms with E-state index >= 15 is 0 Å². The Hall–Kier alpha value is -1.46. The average Bonchev–Trinajstić information content (AvgIpc) is 2.49. The highest BCUT2D eigenvalue weighted by atomic mass is 16.3. The molecular formula is C14H21N3O2. The second-order valence-electron chi connectivity index (χ2n) is 4.79. The van der Waals surface area contributed by atoms with Crippen LogP contribution in [0.25, 0.3) is 0 Å². The highest BCUT2D eigenvalue weighted by Gasteiger charge is 2.25. The topological polar surface area (TPSA) is 56.7 Å². The summed E-state index contributed by atoms with van der Waals surface area (Å²) in [6.45, 7) is 5.30. The molecule has 1 aliphatic heterocycles. The second-order valence-corrected chi connectivity index (χ2v) is 4.79. The number of carbonyl (C=O) groups excluding carboxylic acids is 1. The van der Waals surface area contributed by atoms with Crippen LogP contribution in [-0.4, -0.2) is 64.6 Å². The second kappa shape index (κ2) is 6.63. The maximum atomic E-state index is 12.2. The molecule has 104 valence electrons. The van der Waals surface area contributed by atoms with Gasteiger partial charge in [0.25, 0.3) is 5.91 Å². The van der Waals surface area contributed by atoms with Gasteiger partial charge in [-0.15, -0.1) is 0 Å². The normalized spacial score (nSPS) is 18.3. The summed E-state index contributed by atoms with van der Waals surface area (Å²) >= 11 is 0. The van der Waals surface area contributed by atoms with Gasteiger partial charge in [-0.1, -0.05) is 13.0 Å². The highest BCUT2D eigenvalue weighted by Crippen LogP contribution is 2.11. The van der Waals surface area contributed by atoms with Gasteiger partial charge in [-0.2, -0.15) is 0 Å². The molecule has 2 rings (SSSR count). The molecule has 0 bridgehead atoms. The number of carbonyl (C=O) groups is 1. The Morgan fingerprint density at radius 2 is 2.11 bits per heavy atom. The molecule has 5 heteroatoms. The molecule has 5 nitrogen and oxygen atoms in total. The van der Waals surface area contributed by atoms with Crippen molar-refractivity contribution in [3.8, 4) is 0 Å². The third kappa shape index (κ3) is 3.30. The molecule has 1 aromatic heterocycles.